The molecule has 30 heavy (non-hydrogen) atoms. The topological polar surface area (TPSA) is 84.4 Å². The van der Waals surface area contributed by atoms with Crippen LogP contribution in [0.5, 0.6) is 0 Å². The predicted molar refractivity (Wildman–Crippen MR) is 117 cm³/mol. The van der Waals surface area contributed by atoms with Gasteiger partial charge in [0.25, 0.3) is 5.91 Å². The lowest BCUT2D eigenvalue weighted by Crippen LogP contribution is -2.42. The Hall–Kier alpha value is -2.84. The van der Waals surface area contributed by atoms with Crippen molar-refractivity contribution in [1.29, 1.82) is 0 Å². The number of ether oxygens (including phenoxy) is 1. The first-order valence-electron chi connectivity index (χ1n) is 9.82. The second-order valence-corrected chi connectivity index (χ2v) is 8.78. The number of thiazole rings is 1. The van der Waals surface area contributed by atoms with Gasteiger partial charge in [-0.15, -0.1) is 11.3 Å². The summed E-state index contributed by atoms with van der Waals surface area (Å²) in [5.74, 6) is -0.380. The molecular formula is C22H26N4O3S. The van der Waals surface area contributed by atoms with Gasteiger partial charge in [-0.05, 0) is 58.0 Å². The van der Waals surface area contributed by atoms with Crippen LogP contribution in [0.2, 0.25) is 0 Å². The number of fused-ring (bicyclic) bond motifs is 1. The van der Waals surface area contributed by atoms with Gasteiger partial charge in [0.05, 0.1) is 5.52 Å². The SMILES string of the molecule is CC(C)(C)OC(=O)N(CCCNCc1nccs1)C(=O)c1ccc2ncccc2c1. The lowest BCUT2D eigenvalue weighted by Gasteiger charge is -2.26. The minimum absolute atomic E-state index is 0.254. The van der Waals surface area contributed by atoms with Crippen LogP contribution in [0.15, 0.2) is 48.1 Å². The largest absolute Gasteiger partial charge is 0.443 e. The van der Waals surface area contributed by atoms with Gasteiger partial charge in [-0.3, -0.25) is 9.78 Å². The van der Waals surface area contributed by atoms with Gasteiger partial charge in [0.1, 0.15) is 10.6 Å². The number of hydrogen-bond donors (Lipinski definition) is 1. The molecule has 2 aromatic heterocycles. The van der Waals surface area contributed by atoms with Crippen molar-refractivity contribution in [2.75, 3.05) is 13.1 Å². The van der Waals surface area contributed by atoms with Crippen molar-refractivity contribution in [3.05, 3.63) is 58.7 Å². The lowest BCUT2D eigenvalue weighted by molar-refractivity contribution is 0.0240. The predicted octanol–water partition coefficient (Wildman–Crippen LogP) is 4.25. The Bertz CT molecular complexity index is 999. The molecule has 8 heteroatoms. The molecule has 0 saturated heterocycles. The fourth-order valence-electron chi connectivity index (χ4n) is 2.86. The van der Waals surface area contributed by atoms with Crippen molar-refractivity contribution in [1.82, 2.24) is 20.2 Å². The minimum atomic E-state index is -0.688. The third-order valence-corrected chi connectivity index (χ3v) is 4.98. The van der Waals surface area contributed by atoms with Crippen LogP contribution in [-0.2, 0) is 11.3 Å². The van der Waals surface area contributed by atoms with E-state index < -0.39 is 11.7 Å². The van der Waals surface area contributed by atoms with Crippen LogP contribution < -0.4 is 5.32 Å². The van der Waals surface area contributed by atoms with E-state index in [1.54, 1.807) is 62.7 Å². The van der Waals surface area contributed by atoms with Crippen LogP contribution in [0.1, 0.15) is 42.6 Å². The van der Waals surface area contributed by atoms with Crippen LogP contribution >= 0.6 is 11.3 Å². The molecule has 2 amide bonds. The summed E-state index contributed by atoms with van der Waals surface area (Å²) in [6, 6.07) is 8.93. The highest BCUT2D eigenvalue weighted by atomic mass is 32.1. The monoisotopic (exact) mass is 426 g/mol. The van der Waals surface area contributed by atoms with E-state index in [0.29, 0.717) is 25.1 Å². The summed E-state index contributed by atoms with van der Waals surface area (Å²) in [5, 5.41) is 7.06. The standard InChI is InChI=1S/C22H26N4O3S/c1-22(2,3)29-21(28)26(12-5-9-23-15-19-25-11-13-30-19)20(27)17-7-8-18-16(14-17)6-4-10-24-18/h4,6-8,10-11,13-14,23H,5,9,12,15H2,1-3H3. The molecule has 7 nitrogen and oxygen atoms in total. The Morgan fingerprint density at radius 1 is 1.17 bits per heavy atom. The van der Waals surface area contributed by atoms with Gasteiger partial charge in [-0.1, -0.05) is 6.07 Å². The van der Waals surface area contributed by atoms with Gasteiger partial charge in [-0.25, -0.2) is 14.7 Å². The Labute approximate surface area is 180 Å². The summed E-state index contributed by atoms with van der Waals surface area (Å²) >= 11 is 1.58. The van der Waals surface area contributed by atoms with Crippen LogP contribution in [0.3, 0.4) is 0 Å². The molecule has 0 aliphatic rings. The first-order chi connectivity index (χ1) is 14.3. The van der Waals surface area contributed by atoms with E-state index in [9.17, 15) is 9.59 Å². The Morgan fingerprint density at radius 3 is 2.73 bits per heavy atom. The number of hydrogen-bond acceptors (Lipinski definition) is 7. The number of aromatic nitrogens is 2. The van der Waals surface area contributed by atoms with E-state index in [-0.39, 0.29) is 12.5 Å². The van der Waals surface area contributed by atoms with Gasteiger partial charge >= 0.3 is 6.09 Å². The van der Waals surface area contributed by atoms with Gasteiger partial charge in [0.15, 0.2) is 0 Å². The lowest BCUT2D eigenvalue weighted by atomic mass is 10.1. The van der Waals surface area contributed by atoms with Crippen molar-refractivity contribution in [3.63, 3.8) is 0 Å². The smallest absolute Gasteiger partial charge is 0.417 e. The van der Waals surface area contributed by atoms with Crippen molar-refractivity contribution >= 4 is 34.2 Å². The number of imide groups is 1. The number of pyridine rings is 1. The summed E-state index contributed by atoms with van der Waals surface area (Å²) in [7, 11) is 0. The third kappa shape index (κ3) is 6.08. The zero-order chi connectivity index (χ0) is 21.6. The molecule has 0 aliphatic carbocycles. The van der Waals surface area contributed by atoms with Crippen molar-refractivity contribution < 1.29 is 14.3 Å². The van der Waals surface area contributed by atoms with Crippen LogP contribution in [0, 0.1) is 0 Å². The first-order valence-corrected chi connectivity index (χ1v) is 10.7. The highest BCUT2D eigenvalue weighted by Crippen LogP contribution is 2.17. The van der Waals surface area contributed by atoms with Gasteiger partial charge in [0.2, 0.25) is 0 Å². The molecule has 0 unspecified atom stereocenters. The molecule has 0 saturated carbocycles. The van der Waals surface area contributed by atoms with Crippen molar-refractivity contribution in [3.8, 4) is 0 Å². The second-order valence-electron chi connectivity index (χ2n) is 7.80. The van der Waals surface area contributed by atoms with Crippen LogP contribution in [-0.4, -0.2) is 45.6 Å². The van der Waals surface area contributed by atoms with E-state index in [4.69, 9.17) is 4.74 Å². The van der Waals surface area contributed by atoms with Crippen molar-refractivity contribution in [2.45, 2.75) is 39.3 Å². The van der Waals surface area contributed by atoms with E-state index >= 15 is 0 Å². The number of amides is 2. The maximum absolute atomic E-state index is 13.1. The fourth-order valence-corrected chi connectivity index (χ4v) is 3.44. The Kier molecular flexibility index (Phi) is 7.12. The maximum atomic E-state index is 13.1. The number of carbonyl (C=O) groups is 2. The molecule has 3 aromatic rings. The highest BCUT2D eigenvalue weighted by Gasteiger charge is 2.27. The van der Waals surface area contributed by atoms with E-state index in [0.717, 1.165) is 15.9 Å². The summed E-state index contributed by atoms with van der Waals surface area (Å²) < 4.78 is 5.47. The molecule has 1 aromatic carbocycles. The molecule has 0 radical (unpaired) electrons. The second kappa shape index (κ2) is 9.77. The third-order valence-electron chi connectivity index (χ3n) is 4.20. The first kappa shape index (κ1) is 21.9. The zero-order valence-electron chi connectivity index (χ0n) is 17.4. The Morgan fingerprint density at radius 2 is 2.00 bits per heavy atom. The molecule has 2 heterocycles. The maximum Gasteiger partial charge on any atom is 0.417 e. The summed E-state index contributed by atoms with van der Waals surface area (Å²) in [5.41, 5.74) is 0.535. The molecule has 0 bridgehead atoms. The number of carbonyl (C=O) groups excluding carboxylic acids is 2. The van der Waals surface area contributed by atoms with Gasteiger partial charge in [0, 0.05) is 41.8 Å². The molecule has 0 fully saturated rings. The number of rotatable bonds is 7. The van der Waals surface area contributed by atoms with Crippen LogP contribution in [0.25, 0.3) is 10.9 Å². The molecule has 0 spiro atoms. The number of nitrogens with zero attached hydrogens (tertiary/aromatic N) is 3. The van der Waals surface area contributed by atoms with Gasteiger partial charge in [-0.2, -0.15) is 0 Å². The molecule has 158 valence electrons. The average Bonchev–Trinajstić information content (AvgIpc) is 3.22. The van der Waals surface area contributed by atoms with E-state index in [1.165, 1.54) is 4.90 Å². The molecule has 3 rings (SSSR count). The number of nitrogens with one attached hydrogen (secondary N) is 1. The summed E-state index contributed by atoms with van der Waals surface area (Å²) in [6.45, 7) is 6.91. The normalized spacial score (nSPS) is 11.4. The van der Waals surface area contributed by atoms with E-state index in [1.807, 2.05) is 17.5 Å². The van der Waals surface area contributed by atoms with Crippen LogP contribution in [0.4, 0.5) is 4.79 Å². The average molecular weight is 427 g/mol. The molecule has 0 atom stereocenters. The zero-order valence-corrected chi connectivity index (χ0v) is 18.2. The molecular weight excluding hydrogens is 400 g/mol. The van der Waals surface area contributed by atoms with Crippen molar-refractivity contribution in [2.24, 2.45) is 0 Å². The summed E-state index contributed by atoms with van der Waals surface area (Å²) in [6.07, 6.45) is 3.43. The molecule has 0 aliphatic heterocycles. The fraction of sp³-hybridized carbons (Fsp3) is 0.364. The number of benzene rings is 1. The van der Waals surface area contributed by atoms with Gasteiger partial charge < -0.3 is 10.1 Å². The minimum Gasteiger partial charge on any atom is -0.443 e. The molecule has 1 N–H and O–H groups in total. The highest BCUT2D eigenvalue weighted by molar-refractivity contribution is 7.09. The summed E-state index contributed by atoms with van der Waals surface area (Å²) in [4.78, 5) is 35.5. The Balaban J connectivity index is 1.68. The van der Waals surface area contributed by atoms with E-state index in [2.05, 4.69) is 15.3 Å². The quantitative estimate of drug-likeness (QED) is 0.569.